The van der Waals surface area contributed by atoms with Gasteiger partial charge < -0.3 is 19.8 Å². The molecule has 0 aliphatic carbocycles. The van der Waals surface area contributed by atoms with Gasteiger partial charge in [-0.2, -0.15) is 0 Å². The number of ether oxygens (including phenoxy) is 1. The van der Waals surface area contributed by atoms with Gasteiger partial charge in [-0.15, -0.1) is 0 Å². The van der Waals surface area contributed by atoms with E-state index in [2.05, 4.69) is 21.6 Å². The lowest BCUT2D eigenvalue weighted by Crippen LogP contribution is -2.45. The molecule has 39 heavy (non-hydrogen) atoms. The Labute approximate surface area is 227 Å². The average molecular weight is 522 g/mol. The Morgan fingerprint density at radius 2 is 1.74 bits per heavy atom. The SMILES string of the molecule is CC(O)c1ccc(C2=c3cc4c5c(c3Oc3c2cc2c6c3CCN6CCC2)CCC[N+]=5CCC4)c(C(=O)O)c1. The number of fused-ring (bicyclic) bond motifs is 4. The minimum atomic E-state index is -0.978. The monoisotopic (exact) mass is 521 g/mol. The summed E-state index contributed by atoms with van der Waals surface area (Å²) >= 11 is 0. The van der Waals surface area contributed by atoms with Gasteiger partial charge in [-0.25, -0.2) is 9.37 Å². The molecule has 198 valence electrons. The van der Waals surface area contributed by atoms with E-state index in [0.29, 0.717) is 11.1 Å². The third-order valence-corrected chi connectivity index (χ3v) is 9.49. The molecule has 0 saturated heterocycles. The molecule has 0 amide bonds. The van der Waals surface area contributed by atoms with Crippen LogP contribution in [-0.4, -0.2) is 42.4 Å². The molecule has 8 rings (SSSR count). The van der Waals surface area contributed by atoms with Gasteiger partial charge in [-0.3, -0.25) is 0 Å². The number of rotatable bonds is 3. The highest BCUT2D eigenvalue weighted by Gasteiger charge is 2.37. The molecule has 0 saturated carbocycles. The fraction of sp³-hybridized carbons (Fsp3) is 0.394. The number of aryl methyl sites for hydroxylation is 2. The van der Waals surface area contributed by atoms with Crippen LogP contribution in [0.25, 0.3) is 5.57 Å². The van der Waals surface area contributed by atoms with Crippen molar-refractivity contribution in [2.75, 3.05) is 31.1 Å². The molecule has 6 heteroatoms. The summed E-state index contributed by atoms with van der Waals surface area (Å²) in [6.07, 6.45) is 6.62. The number of nitrogens with zero attached hydrogens (tertiary/aromatic N) is 2. The van der Waals surface area contributed by atoms with Gasteiger partial charge in [0.15, 0.2) is 0 Å². The first-order valence-corrected chi connectivity index (χ1v) is 14.5. The zero-order valence-electron chi connectivity index (χ0n) is 22.3. The van der Waals surface area contributed by atoms with Crippen LogP contribution in [0.1, 0.15) is 81.6 Å². The van der Waals surface area contributed by atoms with Crippen LogP contribution in [0.15, 0.2) is 30.3 Å². The molecule has 0 bridgehead atoms. The molecule has 5 aliphatic heterocycles. The van der Waals surface area contributed by atoms with E-state index in [9.17, 15) is 15.0 Å². The highest BCUT2D eigenvalue weighted by Crippen LogP contribution is 2.49. The molecule has 0 radical (unpaired) electrons. The van der Waals surface area contributed by atoms with E-state index in [1.807, 2.05) is 12.1 Å². The largest absolute Gasteiger partial charge is 0.478 e. The number of benzene rings is 3. The fourth-order valence-corrected chi connectivity index (χ4v) is 7.82. The maximum absolute atomic E-state index is 12.7. The number of hydrogen-bond donors (Lipinski definition) is 2. The molecule has 0 aromatic heterocycles. The van der Waals surface area contributed by atoms with Crippen molar-refractivity contribution in [2.24, 2.45) is 0 Å². The standard InChI is InChI=1S/C33H32N2O4/c1-18(36)19-8-9-22(25(15-19)33(37)38)28-26-16-20-5-2-11-34-13-4-7-23(29(20)34)31(26)39-32-24-10-14-35-12-3-6-21(30(24)35)17-27(28)32/h8-9,15-18,36H,2-7,10-14H2,1H3/p+1. The summed E-state index contributed by atoms with van der Waals surface area (Å²) in [6.45, 7) is 5.95. The van der Waals surface area contributed by atoms with Crippen LogP contribution in [0.3, 0.4) is 0 Å². The van der Waals surface area contributed by atoms with Crippen LogP contribution in [0.2, 0.25) is 0 Å². The Morgan fingerprint density at radius 1 is 0.923 bits per heavy atom. The number of carboxylic acids is 1. The van der Waals surface area contributed by atoms with Crippen LogP contribution in [0.4, 0.5) is 5.69 Å². The summed E-state index contributed by atoms with van der Waals surface area (Å²) in [5, 5.41) is 23.0. The lowest BCUT2D eigenvalue weighted by molar-refractivity contribution is 0.0696. The van der Waals surface area contributed by atoms with Crippen LogP contribution in [0.5, 0.6) is 11.5 Å². The van der Waals surface area contributed by atoms with E-state index >= 15 is 0 Å². The van der Waals surface area contributed by atoms with Crippen molar-refractivity contribution in [3.05, 3.63) is 85.4 Å². The van der Waals surface area contributed by atoms with E-state index in [0.717, 1.165) is 99.0 Å². The molecule has 5 heterocycles. The molecule has 2 N–H and O–H groups in total. The number of aliphatic hydroxyl groups is 1. The zero-order valence-corrected chi connectivity index (χ0v) is 22.3. The molecular formula is C33H33N2O4+. The number of hydrogen-bond acceptors (Lipinski definition) is 4. The molecule has 0 fully saturated rings. The third-order valence-electron chi connectivity index (χ3n) is 9.49. The second-order valence-corrected chi connectivity index (χ2v) is 11.8. The first-order chi connectivity index (χ1) is 19.0. The van der Waals surface area contributed by atoms with Crippen molar-refractivity contribution < 1.29 is 19.7 Å². The highest BCUT2D eigenvalue weighted by atomic mass is 16.5. The molecular weight excluding hydrogens is 488 g/mol. The number of aliphatic hydroxyl groups excluding tert-OH is 1. The van der Waals surface area contributed by atoms with Gasteiger partial charge in [-0.05, 0) is 73.9 Å². The van der Waals surface area contributed by atoms with Crippen molar-refractivity contribution in [1.82, 2.24) is 4.58 Å². The summed E-state index contributed by atoms with van der Waals surface area (Å²) in [6, 6.07) is 10.0. The smallest absolute Gasteiger partial charge is 0.336 e. The predicted molar refractivity (Wildman–Crippen MR) is 150 cm³/mol. The number of carbonyl (C=O) groups is 1. The Kier molecular flexibility index (Phi) is 5.03. The number of anilines is 1. The van der Waals surface area contributed by atoms with Crippen molar-refractivity contribution >= 4 is 17.2 Å². The van der Waals surface area contributed by atoms with E-state index in [1.54, 1.807) is 13.0 Å². The Morgan fingerprint density at radius 3 is 2.56 bits per heavy atom. The van der Waals surface area contributed by atoms with Gasteiger partial charge in [0.2, 0.25) is 5.36 Å². The first kappa shape index (κ1) is 23.3. The van der Waals surface area contributed by atoms with Gasteiger partial charge in [0.1, 0.15) is 24.6 Å². The van der Waals surface area contributed by atoms with Gasteiger partial charge in [0.05, 0.1) is 17.2 Å². The Hall–Kier alpha value is -3.64. The number of aromatic carboxylic acids is 1. The van der Waals surface area contributed by atoms with Crippen molar-refractivity contribution in [3.63, 3.8) is 0 Å². The van der Waals surface area contributed by atoms with Crippen LogP contribution in [-0.2, 0) is 25.7 Å². The van der Waals surface area contributed by atoms with Crippen molar-refractivity contribution in [3.8, 4) is 11.5 Å². The van der Waals surface area contributed by atoms with Gasteiger partial charge >= 0.3 is 5.97 Å². The molecule has 1 atom stereocenters. The molecule has 3 aromatic rings. The van der Waals surface area contributed by atoms with Crippen molar-refractivity contribution in [1.29, 1.82) is 0 Å². The predicted octanol–water partition coefficient (Wildman–Crippen LogP) is 3.48. The quantitative estimate of drug-likeness (QED) is 0.404. The van der Waals surface area contributed by atoms with Crippen LogP contribution >= 0.6 is 0 Å². The summed E-state index contributed by atoms with van der Waals surface area (Å²) in [7, 11) is 0. The summed E-state index contributed by atoms with van der Waals surface area (Å²) < 4.78 is 9.55. The van der Waals surface area contributed by atoms with Gasteiger partial charge in [0, 0.05) is 59.1 Å². The first-order valence-electron chi connectivity index (χ1n) is 14.5. The fourth-order valence-electron chi connectivity index (χ4n) is 7.82. The minimum absolute atomic E-state index is 0.228. The summed E-state index contributed by atoms with van der Waals surface area (Å²) in [4.78, 5) is 15.2. The van der Waals surface area contributed by atoms with Gasteiger partial charge in [0.25, 0.3) is 0 Å². The van der Waals surface area contributed by atoms with E-state index in [-0.39, 0.29) is 5.56 Å². The molecule has 5 aliphatic rings. The average Bonchev–Trinajstić information content (AvgIpc) is 3.38. The Bertz CT molecular complexity index is 1730. The lowest BCUT2D eigenvalue weighted by Gasteiger charge is -2.31. The topological polar surface area (TPSA) is 73.0 Å². The minimum Gasteiger partial charge on any atom is -0.478 e. The summed E-state index contributed by atoms with van der Waals surface area (Å²) in [5.41, 5.74) is 10.1. The second kappa shape index (κ2) is 8.43. The normalized spacial score (nSPS) is 19.1. The lowest BCUT2D eigenvalue weighted by atomic mass is 9.83. The second-order valence-electron chi connectivity index (χ2n) is 11.8. The van der Waals surface area contributed by atoms with Crippen LogP contribution in [0, 0.1) is 0 Å². The van der Waals surface area contributed by atoms with E-state index in [4.69, 9.17) is 4.74 Å². The zero-order chi connectivity index (χ0) is 26.4. The van der Waals surface area contributed by atoms with E-state index in [1.165, 1.54) is 33.3 Å². The van der Waals surface area contributed by atoms with Crippen LogP contribution < -0.4 is 24.8 Å². The molecule has 3 aromatic carbocycles. The maximum atomic E-state index is 12.7. The molecule has 0 spiro atoms. The van der Waals surface area contributed by atoms with E-state index < -0.39 is 12.1 Å². The summed E-state index contributed by atoms with van der Waals surface area (Å²) in [5.74, 6) is 0.860. The number of carboxylic acid groups (broad SMARTS) is 1. The molecule has 1 unspecified atom stereocenters. The highest BCUT2D eigenvalue weighted by molar-refractivity contribution is 5.99. The van der Waals surface area contributed by atoms with Crippen molar-refractivity contribution in [2.45, 2.75) is 58.0 Å². The Balaban J connectivity index is 1.53. The third kappa shape index (κ3) is 3.30. The molecule has 6 nitrogen and oxygen atoms in total. The van der Waals surface area contributed by atoms with Gasteiger partial charge in [-0.1, -0.05) is 12.1 Å². The maximum Gasteiger partial charge on any atom is 0.336 e.